The topological polar surface area (TPSA) is 67.1 Å². The predicted molar refractivity (Wildman–Crippen MR) is 61.8 cm³/mol. The van der Waals surface area contributed by atoms with Crippen LogP contribution in [0.25, 0.3) is 0 Å². The number of hydrazine groups is 1. The average molecular weight is 297 g/mol. The van der Waals surface area contributed by atoms with Crippen LogP contribution in [0.2, 0.25) is 0 Å². The molecule has 0 bridgehead atoms. The van der Waals surface area contributed by atoms with Gasteiger partial charge in [-0.15, -0.1) is 0 Å². The Balaban J connectivity index is 2.60. The van der Waals surface area contributed by atoms with Crippen LogP contribution in [0.4, 0.5) is 27.6 Å². The van der Waals surface area contributed by atoms with Gasteiger partial charge in [-0.2, -0.15) is 13.2 Å². The summed E-state index contributed by atoms with van der Waals surface area (Å²) in [6.07, 6.45) is -5.67. The molecule has 0 radical (unpaired) electrons. The molecule has 20 heavy (non-hydrogen) atoms. The van der Waals surface area contributed by atoms with E-state index >= 15 is 0 Å². The molecule has 0 saturated heterocycles. The van der Waals surface area contributed by atoms with Crippen molar-refractivity contribution in [1.82, 2.24) is 5.32 Å². The Kier molecular flexibility index (Phi) is 5.26. The highest BCUT2D eigenvalue weighted by molar-refractivity contribution is 5.94. The number of nitrogens with one attached hydrogen (secondary N) is 2. The number of nitrogen functional groups attached to an aromatic ring is 1. The minimum Gasteiger partial charge on any atom is -0.352 e. The second-order valence-electron chi connectivity index (χ2n) is 3.93. The van der Waals surface area contributed by atoms with Crippen molar-refractivity contribution in [2.24, 2.45) is 5.84 Å². The molecule has 0 aromatic heterocycles. The number of nitrogens with two attached hydrogens (primary N) is 1. The summed E-state index contributed by atoms with van der Waals surface area (Å²) in [5.41, 5.74) is 0.852. The first-order valence-corrected chi connectivity index (χ1v) is 5.55. The molecular formula is C11H12F5N3O. The number of halogens is 5. The average Bonchev–Trinajstić information content (AvgIpc) is 2.32. The van der Waals surface area contributed by atoms with Crippen LogP contribution in [0.15, 0.2) is 12.1 Å². The minimum atomic E-state index is -4.31. The largest absolute Gasteiger partial charge is 0.389 e. The van der Waals surface area contributed by atoms with Crippen molar-refractivity contribution in [1.29, 1.82) is 0 Å². The maximum absolute atomic E-state index is 13.3. The SMILES string of the molecule is NNc1c(F)cc(C(=O)NCCCC(F)(F)F)cc1F. The van der Waals surface area contributed by atoms with E-state index in [1.165, 1.54) is 0 Å². The number of alkyl halides is 3. The number of benzene rings is 1. The van der Waals surface area contributed by atoms with Crippen molar-refractivity contribution in [3.63, 3.8) is 0 Å². The summed E-state index contributed by atoms with van der Waals surface area (Å²) in [7, 11) is 0. The Bertz CT molecular complexity index is 466. The summed E-state index contributed by atoms with van der Waals surface area (Å²) >= 11 is 0. The van der Waals surface area contributed by atoms with Crippen LogP contribution in [-0.4, -0.2) is 18.6 Å². The fourth-order valence-electron chi connectivity index (χ4n) is 1.43. The van der Waals surface area contributed by atoms with Crippen LogP contribution >= 0.6 is 0 Å². The van der Waals surface area contributed by atoms with Gasteiger partial charge in [0.15, 0.2) is 11.6 Å². The summed E-state index contributed by atoms with van der Waals surface area (Å²) in [6.45, 7) is -0.252. The normalized spacial score (nSPS) is 11.3. The number of rotatable bonds is 5. The van der Waals surface area contributed by atoms with Gasteiger partial charge < -0.3 is 10.7 Å². The van der Waals surface area contributed by atoms with Gasteiger partial charge in [-0.1, -0.05) is 0 Å². The molecule has 0 atom stereocenters. The fourth-order valence-corrected chi connectivity index (χ4v) is 1.43. The van der Waals surface area contributed by atoms with E-state index in [4.69, 9.17) is 5.84 Å². The molecule has 0 aliphatic carbocycles. The van der Waals surface area contributed by atoms with Crippen LogP contribution in [0.5, 0.6) is 0 Å². The lowest BCUT2D eigenvalue weighted by Crippen LogP contribution is -2.26. The molecule has 0 fully saturated rings. The summed E-state index contributed by atoms with van der Waals surface area (Å²) in [6, 6.07) is 1.47. The van der Waals surface area contributed by atoms with Gasteiger partial charge in [-0.05, 0) is 18.6 Å². The number of carbonyl (C=O) groups excluding carboxylic acids is 1. The molecule has 1 amide bonds. The number of hydrogen-bond donors (Lipinski definition) is 3. The quantitative estimate of drug-likeness (QED) is 0.338. The molecule has 1 aromatic rings. The zero-order chi connectivity index (χ0) is 15.3. The molecule has 1 aromatic carbocycles. The maximum atomic E-state index is 13.3. The Labute approximate surface area is 111 Å². The van der Waals surface area contributed by atoms with Gasteiger partial charge in [0.2, 0.25) is 0 Å². The summed E-state index contributed by atoms with van der Waals surface area (Å²) in [5.74, 6) is 1.86. The number of anilines is 1. The van der Waals surface area contributed by atoms with Crippen LogP contribution in [0.3, 0.4) is 0 Å². The highest BCUT2D eigenvalue weighted by Gasteiger charge is 2.26. The van der Waals surface area contributed by atoms with Gasteiger partial charge >= 0.3 is 6.18 Å². The lowest BCUT2D eigenvalue weighted by atomic mass is 10.1. The summed E-state index contributed by atoms with van der Waals surface area (Å²) in [4.78, 5) is 11.5. The summed E-state index contributed by atoms with van der Waals surface area (Å²) in [5, 5.41) is 2.14. The zero-order valence-corrected chi connectivity index (χ0v) is 10.2. The van der Waals surface area contributed by atoms with Crippen molar-refractivity contribution < 1.29 is 26.7 Å². The van der Waals surface area contributed by atoms with Gasteiger partial charge in [0, 0.05) is 18.5 Å². The van der Waals surface area contributed by atoms with Gasteiger partial charge in [-0.3, -0.25) is 10.6 Å². The van der Waals surface area contributed by atoms with E-state index in [-0.39, 0.29) is 18.5 Å². The molecule has 0 heterocycles. The van der Waals surface area contributed by atoms with Crippen molar-refractivity contribution in [3.8, 4) is 0 Å². The molecule has 1 rings (SSSR count). The highest BCUT2D eigenvalue weighted by Crippen LogP contribution is 2.21. The third-order valence-corrected chi connectivity index (χ3v) is 2.37. The molecule has 0 unspecified atom stereocenters. The Morgan fingerprint density at radius 1 is 1.20 bits per heavy atom. The van der Waals surface area contributed by atoms with Crippen molar-refractivity contribution in [2.45, 2.75) is 19.0 Å². The van der Waals surface area contributed by atoms with E-state index < -0.39 is 35.8 Å². The standard InChI is InChI=1S/C11H12F5N3O/c12-7-4-6(5-8(13)9(7)19-17)10(20)18-3-1-2-11(14,15)16/h4-5,19H,1-3,17H2,(H,18,20). The number of carbonyl (C=O) groups is 1. The smallest absolute Gasteiger partial charge is 0.352 e. The van der Waals surface area contributed by atoms with Crippen LogP contribution in [0.1, 0.15) is 23.2 Å². The molecular weight excluding hydrogens is 285 g/mol. The first kappa shape index (κ1) is 16.2. The minimum absolute atomic E-state index is 0.252. The van der Waals surface area contributed by atoms with Crippen molar-refractivity contribution in [2.75, 3.05) is 12.0 Å². The van der Waals surface area contributed by atoms with Crippen LogP contribution < -0.4 is 16.6 Å². The first-order valence-electron chi connectivity index (χ1n) is 5.55. The number of hydrogen-bond acceptors (Lipinski definition) is 3. The third kappa shape index (κ3) is 4.65. The predicted octanol–water partition coefficient (Wildman–Crippen LogP) is 2.32. The molecule has 112 valence electrons. The number of amides is 1. The Hall–Kier alpha value is -1.90. The van der Waals surface area contributed by atoms with Gasteiger partial charge in [0.1, 0.15) is 5.69 Å². The second-order valence-corrected chi connectivity index (χ2v) is 3.93. The highest BCUT2D eigenvalue weighted by atomic mass is 19.4. The monoisotopic (exact) mass is 297 g/mol. The van der Waals surface area contributed by atoms with Gasteiger partial charge in [0.05, 0.1) is 0 Å². The second kappa shape index (κ2) is 6.51. The van der Waals surface area contributed by atoms with E-state index in [0.29, 0.717) is 0 Å². The molecule has 4 nitrogen and oxygen atoms in total. The third-order valence-electron chi connectivity index (χ3n) is 2.37. The summed E-state index contributed by atoms with van der Waals surface area (Å²) < 4.78 is 62.2. The maximum Gasteiger partial charge on any atom is 0.389 e. The van der Waals surface area contributed by atoms with E-state index in [1.807, 2.05) is 0 Å². The fraction of sp³-hybridized carbons (Fsp3) is 0.364. The molecule has 0 aliphatic rings. The Morgan fingerprint density at radius 3 is 2.20 bits per heavy atom. The molecule has 0 spiro atoms. The first-order chi connectivity index (χ1) is 9.24. The molecule has 9 heteroatoms. The molecule has 0 aliphatic heterocycles. The van der Waals surface area contributed by atoms with Crippen LogP contribution in [0, 0.1) is 11.6 Å². The Morgan fingerprint density at radius 2 is 1.75 bits per heavy atom. The zero-order valence-electron chi connectivity index (χ0n) is 10.2. The van der Waals surface area contributed by atoms with E-state index in [9.17, 15) is 26.7 Å². The van der Waals surface area contributed by atoms with Crippen molar-refractivity contribution in [3.05, 3.63) is 29.3 Å². The molecule has 0 saturated carbocycles. The lowest BCUT2D eigenvalue weighted by Gasteiger charge is -2.09. The van der Waals surface area contributed by atoms with E-state index in [0.717, 1.165) is 12.1 Å². The van der Waals surface area contributed by atoms with Crippen LogP contribution in [-0.2, 0) is 0 Å². The van der Waals surface area contributed by atoms with E-state index in [2.05, 4.69) is 5.32 Å². The molecule has 4 N–H and O–H groups in total. The van der Waals surface area contributed by atoms with Crippen molar-refractivity contribution >= 4 is 11.6 Å². The van der Waals surface area contributed by atoms with E-state index in [1.54, 1.807) is 5.43 Å². The van der Waals surface area contributed by atoms with Gasteiger partial charge in [-0.25, -0.2) is 8.78 Å². The van der Waals surface area contributed by atoms with Gasteiger partial charge in [0.25, 0.3) is 5.91 Å². The lowest BCUT2D eigenvalue weighted by molar-refractivity contribution is -0.135.